The second-order valence-electron chi connectivity index (χ2n) is 6.37. The molecule has 5 nitrogen and oxygen atoms in total. The number of amides is 2. The van der Waals surface area contributed by atoms with Gasteiger partial charge in [0.25, 0.3) is 11.8 Å². The molecule has 3 aromatic carbocycles. The van der Waals surface area contributed by atoms with Crippen LogP contribution in [-0.2, 0) is 0 Å². The standard InChI is InChI=1S/C23H21ClN2O3/c1-2-14-29-21-12-6-16(7-13-21)22(27)25-19-8-10-20(11-9-19)26-23(28)17-4-3-5-18(24)15-17/h3-13,15H,2,14H2,1H3,(H,25,27)(H,26,28). The summed E-state index contributed by atoms with van der Waals surface area (Å²) in [4.78, 5) is 24.6. The number of carbonyl (C=O) groups is 2. The first-order valence-electron chi connectivity index (χ1n) is 9.26. The minimum Gasteiger partial charge on any atom is -0.494 e. The van der Waals surface area contributed by atoms with Gasteiger partial charge >= 0.3 is 0 Å². The Morgan fingerprint density at radius 3 is 1.97 bits per heavy atom. The van der Waals surface area contributed by atoms with Crippen molar-refractivity contribution in [1.82, 2.24) is 0 Å². The Bertz CT molecular complexity index is 986. The summed E-state index contributed by atoms with van der Waals surface area (Å²) in [6, 6.07) is 20.6. The van der Waals surface area contributed by atoms with E-state index >= 15 is 0 Å². The molecule has 0 spiro atoms. The summed E-state index contributed by atoms with van der Waals surface area (Å²) in [5, 5.41) is 6.13. The normalized spacial score (nSPS) is 10.3. The van der Waals surface area contributed by atoms with Gasteiger partial charge in [0.1, 0.15) is 5.75 Å². The van der Waals surface area contributed by atoms with Crippen molar-refractivity contribution in [1.29, 1.82) is 0 Å². The average molecular weight is 409 g/mol. The van der Waals surface area contributed by atoms with E-state index in [1.165, 1.54) is 0 Å². The van der Waals surface area contributed by atoms with Gasteiger partial charge < -0.3 is 15.4 Å². The van der Waals surface area contributed by atoms with E-state index in [1.807, 2.05) is 6.92 Å². The summed E-state index contributed by atoms with van der Waals surface area (Å²) >= 11 is 5.92. The summed E-state index contributed by atoms with van der Waals surface area (Å²) in [6.07, 6.45) is 0.928. The molecule has 2 N–H and O–H groups in total. The summed E-state index contributed by atoms with van der Waals surface area (Å²) in [7, 11) is 0. The number of hydrogen-bond donors (Lipinski definition) is 2. The fraction of sp³-hybridized carbons (Fsp3) is 0.130. The molecule has 0 atom stereocenters. The molecule has 0 bridgehead atoms. The van der Waals surface area contributed by atoms with Gasteiger partial charge in [0.2, 0.25) is 0 Å². The highest BCUT2D eigenvalue weighted by molar-refractivity contribution is 6.31. The Kier molecular flexibility index (Phi) is 6.87. The first-order chi connectivity index (χ1) is 14.0. The van der Waals surface area contributed by atoms with Crippen LogP contribution in [-0.4, -0.2) is 18.4 Å². The molecule has 0 unspecified atom stereocenters. The number of hydrogen-bond acceptors (Lipinski definition) is 3. The maximum absolute atomic E-state index is 12.4. The lowest BCUT2D eigenvalue weighted by atomic mass is 10.2. The minimum atomic E-state index is -0.255. The predicted octanol–water partition coefficient (Wildman–Crippen LogP) is 5.63. The van der Waals surface area contributed by atoms with E-state index in [-0.39, 0.29) is 11.8 Å². The molecule has 0 saturated heterocycles. The average Bonchev–Trinajstić information content (AvgIpc) is 2.74. The molecule has 3 aromatic rings. The zero-order chi connectivity index (χ0) is 20.6. The molecule has 2 amide bonds. The van der Waals surface area contributed by atoms with Crippen LogP contribution in [0.3, 0.4) is 0 Å². The molecule has 0 radical (unpaired) electrons. The Balaban J connectivity index is 1.58. The molecule has 0 aromatic heterocycles. The Morgan fingerprint density at radius 1 is 0.828 bits per heavy atom. The fourth-order valence-electron chi connectivity index (χ4n) is 2.60. The minimum absolute atomic E-state index is 0.220. The number of benzene rings is 3. The van der Waals surface area contributed by atoms with Crippen molar-refractivity contribution in [2.45, 2.75) is 13.3 Å². The number of halogens is 1. The van der Waals surface area contributed by atoms with Gasteiger partial charge in [0.15, 0.2) is 0 Å². The molecular weight excluding hydrogens is 388 g/mol. The van der Waals surface area contributed by atoms with Crippen molar-refractivity contribution < 1.29 is 14.3 Å². The number of anilines is 2. The van der Waals surface area contributed by atoms with E-state index in [2.05, 4.69) is 10.6 Å². The molecule has 6 heteroatoms. The SMILES string of the molecule is CCCOc1ccc(C(=O)Nc2ccc(NC(=O)c3cccc(Cl)c3)cc2)cc1. The van der Waals surface area contributed by atoms with Gasteiger partial charge in [-0.05, 0) is 73.2 Å². The van der Waals surface area contributed by atoms with Crippen LogP contribution < -0.4 is 15.4 Å². The highest BCUT2D eigenvalue weighted by atomic mass is 35.5. The number of ether oxygens (including phenoxy) is 1. The molecule has 148 valence electrons. The smallest absolute Gasteiger partial charge is 0.255 e. The van der Waals surface area contributed by atoms with E-state index in [9.17, 15) is 9.59 Å². The first kappa shape index (κ1) is 20.4. The van der Waals surface area contributed by atoms with Gasteiger partial charge in [0, 0.05) is 27.5 Å². The quantitative estimate of drug-likeness (QED) is 0.532. The van der Waals surface area contributed by atoms with Crippen LogP contribution in [0.5, 0.6) is 5.75 Å². The summed E-state index contributed by atoms with van der Waals surface area (Å²) in [6.45, 7) is 2.68. The number of carbonyl (C=O) groups excluding carboxylic acids is 2. The maximum atomic E-state index is 12.4. The third kappa shape index (κ3) is 5.83. The zero-order valence-electron chi connectivity index (χ0n) is 15.9. The largest absolute Gasteiger partial charge is 0.494 e. The van der Waals surface area contributed by atoms with E-state index in [1.54, 1.807) is 72.8 Å². The van der Waals surface area contributed by atoms with Crippen molar-refractivity contribution in [3.63, 3.8) is 0 Å². The highest BCUT2D eigenvalue weighted by Crippen LogP contribution is 2.18. The van der Waals surface area contributed by atoms with Crippen molar-refractivity contribution in [2.75, 3.05) is 17.2 Å². The summed E-state index contributed by atoms with van der Waals surface area (Å²) < 4.78 is 5.52. The van der Waals surface area contributed by atoms with E-state index in [0.29, 0.717) is 34.1 Å². The topological polar surface area (TPSA) is 67.4 Å². The van der Waals surface area contributed by atoms with Gasteiger partial charge in [-0.15, -0.1) is 0 Å². The molecule has 0 aliphatic carbocycles. The molecular formula is C23H21ClN2O3. The van der Waals surface area contributed by atoms with Crippen LogP contribution in [0.15, 0.2) is 72.8 Å². The highest BCUT2D eigenvalue weighted by Gasteiger charge is 2.08. The van der Waals surface area contributed by atoms with E-state index in [0.717, 1.165) is 12.2 Å². The second kappa shape index (κ2) is 9.75. The molecule has 0 heterocycles. The van der Waals surface area contributed by atoms with Crippen LogP contribution in [0.25, 0.3) is 0 Å². The lowest BCUT2D eigenvalue weighted by molar-refractivity contribution is 0.101. The van der Waals surface area contributed by atoms with Crippen molar-refractivity contribution in [2.24, 2.45) is 0 Å². The summed E-state index contributed by atoms with van der Waals surface area (Å²) in [5.74, 6) is 0.264. The lowest BCUT2D eigenvalue weighted by Gasteiger charge is -2.09. The molecule has 0 aliphatic rings. The Labute approximate surface area is 174 Å². The zero-order valence-corrected chi connectivity index (χ0v) is 16.7. The molecule has 0 saturated carbocycles. The molecule has 3 rings (SSSR count). The Hall–Kier alpha value is -3.31. The predicted molar refractivity (Wildman–Crippen MR) is 116 cm³/mol. The number of nitrogens with one attached hydrogen (secondary N) is 2. The van der Waals surface area contributed by atoms with Gasteiger partial charge in [-0.1, -0.05) is 24.6 Å². The Morgan fingerprint density at radius 2 is 1.41 bits per heavy atom. The van der Waals surface area contributed by atoms with Gasteiger partial charge in [0.05, 0.1) is 6.61 Å². The van der Waals surface area contributed by atoms with Gasteiger partial charge in [-0.3, -0.25) is 9.59 Å². The van der Waals surface area contributed by atoms with Crippen molar-refractivity contribution >= 4 is 34.8 Å². The van der Waals surface area contributed by atoms with Crippen LogP contribution in [0.2, 0.25) is 5.02 Å². The molecule has 0 aliphatic heterocycles. The lowest BCUT2D eigenvalue weighted by Crippen LogP contribution is -2.13. The number of rotatable bonds is 7. The monoisotopic (exact) mass is 408 g/mol. The first-order valence-corrected chi connectivity index (χ1v) is 9.64. The third-order valence-corrected chi connectivity index (χ3v) is 4.31. The maximum Gasteiger partial charge on any atom is 0.255 e. The van der Waals surface area contributed by atoms with Gasteiger partial charge in [-0.2, -0.15) is 0 Å². The molecule has 0 fully saturated rings. The van der Waals surface area contributed by atoms with Crippen LogP contribution in [0.1, 0.15) is 34.1 Å². The van der Waals surface area contributed by atoms with E-state index < -0.39 is 0 Å². The van der Waals surface area contributed by atoms with E-state index in [4.69, 9.17) is 16.3 Å². The second-order valence-corrected chi connectivity index (χ2v) is 6.81. The third-order valence-electron chi connectivity index (χ3n) is 4.08. The summed E-state index contributed by atoms with van der Waals surface area (Å²) in [5.41, 5.74) is 2.25. The van der Waals surface area contributed by atoms with Crippen LogP contribution in [0, 0.1) is 0 Å². The fourth-order valence-corrected chi connectivity index (χ4v) is 2.79. The van der Waals surface area contributed by atoms with Gasteiger partial charge in [-0.25, -0.2) is 0 Å². The van der Waals surface area contributed by atoms with Crippen LogP contribution >= 0.6 is 11.6 Å². The van der Waals surface area contributed by atoms with Crippen LogP contribution in [0.4, 0.5) is 11.4 Å². The molecule has 29 heavy (non-hydrogen) atoms. The van der Waals surface area contributed by atoms with Crippen molar-refractivity contribution in [3.8, 4) is 5.75 Å². The van der Waals surface area contributed by atoms with Crippen molar-refractivity contribution in [3.05, 3.63) is 88.9 Å².